The molecule has 1 heterocycles. The minimum atomic E-state index is -0.342. The van der Waals surface area contributed by atoms with Gasteiger partial charge in [0.2, 0.25) is 5.91 Å². The molecule has 7 heteroatoms. The number of carbonyl (C=O) groups excluding carboxylic acids is 2. The van der Waals surface area contributed by atoms with Gasteiger partial charge in [-0.1, -0.05) is 0 Å². The maximum absolute atomic E-state index is 12.1. The monoisotopic (exact) mass is 253 g/mol. The van der Waals surface area contributed by atoms with Gasteiger partial charge in [0.25, 0.3) is 5.91 Å². The van der Waals surface area contributed by atoms with Crippen molar-refractivity contribution in [1.82, 2.24) is 20.4 Å². The van der Waals surface area contributed by atoms with Crippen LogP contribution in [0.15, 0.2) is 0 Å². The number of anilines is 1. The number of aromatic nitrogens is 2. The highest BCUT2D eigenvalue weighted by Gasteiger charge is 2.22. The second-order valence-corrected chi connectivity index (χ2v) is 3.88. The zero-order valence-corrected chi connectivity index (χ0v) is 10.9. The van der Waals surface area contributed by atoms with E-state index in [2.05, 4.69) is 15.5 Å². The van der Waals surface area contributed by atoms with Crippen LogP contribution < -0.4 is 11.1 Å². The van der Waals surface area contributed by atoms with Crippen LogP contribution in [0.1, 0.15) is 30.0 Å². The fourth-order valence-corrected chi connectivity index (χ4v) is 1.50. The number of likely N-dealkylation sites (N-methyl/N-ethyl adjacent to an activating group) is 2. The third-order valence-corrected chi connectivity index (χ3v) is 2.57. The topological polar surface area (TPSA) is 104 Å². The number of amides is 2. The summed E-state index contributed by atoms with van der Waals surface area (Å²) in [7, 11) is 0. The van der Waals surface area contributed by atoms with Crippen LogP contribution in [0.2, 0.25) is 0 Å². The Hall–Kier alpha value is -2.05. The first-order chi connectivity index (χ1) is 8.51. The molecule has 1 aromatic heterocycles. The van der Waals surface area contributed by atoms with Crippen molar-refractivity contribution >= 4 is 17.5 Å². The van der Waals surface area contributed by atoms with Crippen molar-refractivity contribution in [3.63, 3.8) is 0 Å². The van der Waals surface area contributed by atoms with Crippen molar-refractivity contribution in [1.29, 1.82) is 0 Å². The van der Waals surface area contributed by atoms with Gasteiger partial charge >= 0.3 is 0 Å². The Morgan fingerprint density at radius 1 is 1.44 bits per heavy atom. The molecule has 0 aromatic carbocycles. The van der Waals surface area contributed by atoms with E-state index >= 15 is 0 Å². The van der Waals surface area contributed by atoms with Gasteiger partial charge in [-0.2, -0.15) is 5.10 Å². The summed E-state index contributed by atoms with van der Waals surface area (Å²) in [6, 6.07) is 0. The molecule has 0 aliphatic carbocycles. The van der Waals surface area contributed by atoms with Crippen molar-refractivity contribution in [2.45, 2.75) is 20.8 Å². The second kappa shape index (κ2) is 6.04. The molecule has 0 atom stereocenters. The number of H-pyrrole nitrogens is 1. The number of nitrogens with zero attached hydrogens (tertiary/aromatic N) is 2. The van der Waals surface area contributed by atoms with E-state index in [9.17, 15) is 9.59 Å². The summed E-state index contributed by atoms with van der Waals surface area (Å²) < 4.78 is 0. The Balaban J connectivity index is 2.80. The number of nitrogens with one attached hydrogen (secondary N) is 2. The third-order valence-electron chi connectivity index (χ3n) is 2.57. The first-order valence-electron chi connectivity index (χ1n) is 5.87. The van der Waals surface area contributed by atoms with E-state index in [0.717, 1.165) is 0 Å². The molecule has 0 aliphatic rings. The standard InChI is InChI=1S/C11H19N5O2/c1-4-13-8(17)6-16(5-2)11(18)10-9(12)7(3)14-15-10/h4-6,12H2,1-3H3,(H,13,17)(H,14,15). The lowest BCUT2D eigenvalue weighted by Gasteiger charge is -2.19. The molecule has 1 aromatic rings. The van der Waals surface area contributed by atoms with Crippen molar-refractivity contribution in [2.24, 2.45) is 0 Å². The summed E-state index contributed by atoms with van der Waals surface area (Å²) in [5.41, 5.74) is 6.88. The molecule has 0 saturated carbocycles. The molecule has 0 unspecified atom stereocenters. The van der Waals surface area contributed by atoms with Gasteiger partial charge in [-0.15, -0.1) is 0 Å². The fourth-order valence-electron chi connectivity index (χ4n) is 1.50. The van der Waals surface area contributed by atoms with E-state index in [1.54, 1.807) is 13.8 Å². The molecule has 7 nitrogen and oxygen atoms in total. The molecule has 1 rings (SSSR count). The highest BCUT2D eigenvalue weighted by molar-refractivity contribution is 5.99. The molecule has 100 valence electrons. The molecule has 0 fully saturated rings. The molecule has 0 saturated heterocycles. The number of nitrogens with two attached hydrogens (primary N) is 1. The van der Waals surface area contributed by atoms with Crippen LogP contribution in [-0.4, -0.2) is 46.5 Å². The molecule has 0 spiro atoms. The number of aromatic amines is 1. The molecule has 18 heavy (non-hydrogen) atoms. The first kappa shape index (κ1) is 14.0. The van der Waals surface area contributed by atoms with Crippen LogP contribution in [0, 0.1) is 6.92 Å². The lowest BCUT2D eigenvalue weighted by molar-refractivity contribution is -0.121. The zero-order valence-electron chi connectivity index (χ0n) is 10.9. The number of aryl methyl sites for hydroxylation is 1. The summed E-state index contributed by atoms with van der Waals surface area (Å²) in [5.74, 6) is -0.538. The molecular weight excluding hydrogens is 234 g/mol. The van der Waals surface area contributed by atoms with Crippen LogP contribution in [0.25, 0.3) is 0 Å². The van der Waals surface area contributed by atoms with E-state index < -0.39 is 0 Å². The average Bonchev–Trinajstić information content (AvgIpc) is 2.67. The molecule has 0 aliphatic heterocycles. The minimum absolute atomic E-state index is 0.00845. The second-order valence-electron chi connectivity index (χ2n) is 3.88. The van der Waals surface area contributed by atoms with Gasteiger partial charge in [0.05, 0.1) is 17.9 Å². The van der Waals surface area contributed by atoms with E-state index in [1.807, 2.05) is 6.92 Å². The lowest BCUT2D eigenvalue weighted by atomic mass is 10.2. The van der Waals surface area contributed by atoms with Gasteiger partial charge in [-0.25, -0.2) is 0 Å². The predicted molar refractivity (Wildman–Crippen MR) is 68.0 cm³/mol. The van der Waals surface area contributed by atoms with E-state index in [1.165, 1.54) is 4.90 Å². The fraction of sp³-hybridized carbons (Fsp3) is 0.545. The molecule has 2 amide bonds. The van der Waals surface area contributed by atoms with Gasteiger partial charge in [0.1, 0.15) is 0 Å². The maximum atomic E-state index is 12.1. The van der Waals surface area contributed by atoms with Gasteiger partial charge < -0.3 is 16.0 Å². The number of carbonyl (C=O) groups is 2. The van der Waals surface area contributed by atoms with Gasteiger partial charge in [0.15, 0.2) is 5.69 Å². The normalized spacial score (nSPS) is 10.2. The van der Waals surface area contributed by atoms with E-state index in [-0.39, 0.29) is 24.1 Å². The lowest BCUT2D eigenvalue weighted by Crippen LogP contribution is -2.40. The highest BCUT2D eigenvalue weighted by Crippen LogP contribution is 2.14. The molecular formula is C11H19N5O2. The van der Waals surface area contributed by atoms with Gasteiger partial charge in [-0.3, -0.25) is 14.7 Å². The van der Waals surface area contributed by atoms with Crippen molar-refractivity contribution < 1.29 is 9.59 Å². The molecule has 0 radical (unpaired) electrons. The summed E-state index contributed by atoms with van der Waals surface area (Å²) in [5, 5.41) is 9.16. The van der Waals surface area contributed by atoms with Crippen LogP contribution in [0.4, 0.5) is 5.69 Å². The first-order valence-corrected chi connectivity index (χ1v) is 5.87. The van der Waals surface area contributed by atoms with Gasteiger partial charge in [-0.05, 0) is 20.8 Å². The van der Waals surface area contributed by atoms with Crippen LogP contribution in [-0.2, 0) is 4.79 Å². The Bertz CT molecular complexity index is 441. The molecule has 4 N–H and O–H groups in total. The zero-order chi connectivity index (χ0) is 13.7. The van der Waals surface area contributed by atoms with Crippen molar-refractivity contribution in [2.75, 3.05) is 25.4 Å². The SMILES string of the molecule is CCNC(=O)CN(CC)C(=O)c1n[nH]c(C)c1N. The van der Waals surface area contributed by atoms with Gasteiger partial charge in [0, 0.05) is 13.1 Å². The summed E-state index contributed by atoms with van der Waals surface area (Å²) in [4.78, 5) is 25.0. The largest absolute Gasteiger partial charge is 0.395 e. The van der Waals surface area contributed by atoms with E-state index in [4.69, 9.17) is 5.73 Å². The number of rotatable bonds is 5. The number of hydrogen-bond acceptors (Lipinski definition) is 4. The average molecular weight is 253 g/mol. The van der Waals surface area contributed by atoms with Crippen LogP contribution in [0.3, 0.4) is 0 Å². The Morgan fingerprint density at radius 2 is 2.11 bits per heavy atom. The molecule has 0 bridgehead atoms. The maximum Gasteiger partial charge on any atom is 0.276 e. The number of nitrogen functional groups attached to an aromatic ring is 1. The summed E-state index contributed by atoms with van der Waals surface area (Å²) >= 11 is 0. The highest BCUT2D eigenvalue weighted by atomic mass is 16.2. The third kappa shape index (κ3) is 2.99. The Labute approximate surface area is 106 Å². The Morgan fingerprint density at radius 3 is 2.56 bits per heavy atom. The van der Waals surface area contributed by atoms with Crippen LogP contribution in [0.5, 0.6) is 0 Å². The summed E-state index contributed by atoms with van der Waals surface area (Å²) in [6.07, 6.45) is 0. The van der Waals surface area contributed by atoms with E-state index in [0.29, 0.717) is 24.5 Å². The number of hydrogen-bond donors (Lipinski definition) is 3. The minimum Gasteiger partial charge on any atom is -0.395 e. The van der Waals surface area contributed by atoms with Crippen molar-refractivity contribution in [3.8, 4) is 0 Å². The summed E-state index contributed by atoms with van der Waals surface area (Å²) in [6.45, 7) is 6.32. The van der Waals surface area contributed by atoms with Crippen LogP contribution >= 0.6 is 0 Å². The quantitative estimate of drug-likeness (QED) is 0.681. The van der Waals surface area contributed by atoms with Crippen molar-refractivity contribution in [3.05, 3.63) is 11.4 Å². The predicted octanol–water partition coefficient (Wildman–Crippen LogP) is -0.101. The Kier molecular flexibility index (Phi) is 4.70. The smallest absolute Gasteiger partial charge is 0.276 e.